The number of hydrogen-bond donors (Lipinski definition) is 1. The number of rotatable bonds is 1. The van der Waals surface area contributed by atoms with Crippen LogP contribution in [-0.2, 0) is 4.74 Å². The van der Waals surface area contributed by atoms with Gasteiger partial charge < -0.3 is 4.74 Å². The van der Waals surface area contributed by atoms with Crippen molar-refractivity contribution < 1.29 is 4.74 Å². The molecule has 3 fully saturated rings. The normalized spacial score (nSPS) is 32.3. The van der Waals surface area contributed by atoms with Gasteiger partial charge in [0.25, 0.3) is 6.02 Å². The Morgan fingerprint density at radius 3 is 3.00 bits per heavy atom. The molecule has 8 heteroatoms. The summed E-state index contributed by atoms with van der Waals surface area (Å²) in [6.07, 6.45) is 4.17. The van der Waals surface area contributed by atoms with Gasteiger partial charge in [-0.15, -0.1) is 0 Å². The van der Waals surface area contributed by atoms with E-state index in [-0.39, 0.29) is 5.60 Å². The molecule has 120 valence electrons. The first-order valence-corrected chi connectivity index (χ1v) is 8.85. The number of nitrogens with zero attached hydrogens (tertiary/aromatic N) is 5. The van der Waals surface area contributed by atoms with Crippen LogP contribution in [0.4, 0.5) is 5.13 Å². The number of piperidine rings is 3. The Hall–Kier alpha value is -1.80. The summed E-state index contributed by atoms with van der Waals surface area (Å²) in [6, 6.07) is 0.592. The van der Waals surface area contributed by atoms with Crippen LogP contribution in [0, 0.1) is 12.8 Å². The van der Waals surface area contributed by atoms with Crippen molar-refractivity contribution in [1.29, 1.82) is 0 Å². The minimum absolute atomic E-state index is 0.122. The monoisotopic (exact) mass is 330 g/mol. The van der Waals surface area contributed by atoms with Crippen molar-refractivity contribution in [2.75, 3.05) is 31.5 Å². The second kappa shape index (κ2) is 4.85. The molecular formula is C15H18N6OS. The first-order valence-electron chi connectivity index (χ1n) is 8.03. The smallest absolute Gasteiger partial charge is 0.291 e. The van der Waals surface area contributed by atoms with Crippen LogP contribution < -0.4 is 5.32 Å². The van der Waals surface area contributed by atoms with Crippen molar-refractivity contribution in [1.82, 2.24) is 19.9 Å². The van der Waals surface area contributed by atoms with E-state index in [1.54, 1.807) is 6.20 Å². The maximum absolute atomic E-state index is 6.27. The van der Waals surface area contributed by atoms with Gasteiger partial charge >= 0.3 is 0 Å². The summed E-state index contributed by atoms with van der Waals surface area (Å²) in [7, 11) is 0. The highest BCUT2D eigenvalue weighted by molar-refractivity contribution is 7.21. The number of anilines is 1. The van der Waals surface area contributed by atoms with E-state index in [9.17, 15) is 0 Å². The van der Waals surface area contributed by atoms with Crippen LogP contribution in [0.2, 0.25) is 0 Å². The number of aryl methyl sites for hydroxylation is 1. The molecule has 4 aliphatic heterocycles. The van der Waals surface area contributed by atoms with Gasteiger partial charge in [0, 0.05) is 12.5 Å². The zero-order valence-corrected chi connectivity index (χ0v) is 13.8. The molecule has 0 unspecified atom stereocenters. The molecule has 4 aliphatic rings. The van der Waals surface area contributed by atoms with E-state index in [0.717, 1.165) is 28.7 Å². The molecule has 3 saturated heterocycles. The molecule has 23 heavy (non-hydrogen) atoms. The zero-order valence-electron chi connectivity index (χ0n) is 12.9. The number of aromatic nitrogens is 3. The Morgan fingerprint density at radius 2 is 2.22 bits per heavy atom. The molecule has 0 amide bonds. The summed E-state index contributed by atoms with van der Waals surface area (Å²) in [5.74, 6) is 0.622. The standard InChI is InChI=1S/C15H18N6OS/c1-9-6-16-11-12(18-9)23-14(19-11)20-13-17-7-15(22-13)8-21-4-2-10(15)3-5-21/h6,10H,2-5,7-8H2,1H3,(H,16,17,19,20)/t15-/m0/s1. The molecular weight excluding hydrogens is 312 g/mol. The predicted octanol–water partition coefficient (Wildman–Crippen LogP) is 1.66. The van der Waals surface area contributed by atoms with Gasteiger partial charge in [-0.1, -0.05) is 11.3 Å². The number of fused-ring (bicyclic) bond motifs is 3. The minimum Gasteiger partial charge on any atom is -0.455 e. The van der Waals surface area contributed by atoms with Gasteiger partial charge in [0.1, 0.15) is 5.60 Å². The summed E-state index contributed by atoms with van der Waals surface area (Å²) in [5.41, 5.74) is 1.44. The topological polar surface area (TPSA) is 75.5 Å². The third-order valence-electron chi connectivity index (χ3n) is 5.07. The summed E-state index contributed by atoms with van der Waals surface area (Å²) in [6.45, 7) is 6.08. The molecule has 1 N–H and O–H groups in total. The van der Waals surface area contributed by atoms with Gasteiger partial charge in [-0.2, -0.15) is 4.98 Å². The van der Waals surface area contributed by atoms with E-state index in [0.29, 0.717) is 17.6 Å². The fourth-order valence-electron chi connectivity index (χ4n) is 3.90. The number of hydrogen-bond acceptors (Lipinski definition) is 8. The molecule has 0 aliphatic carbocycles. The third-order valence-corrected chi connectivity index (χ3v) is 5.92. The molecule has 1 spiro atoms. The van der Waals surface area contributed by atoms with E-state index < -0.39 is 0 Å². The van der Waals surface area contributed by atoms with Crippen LogP contribution >= 0.6 is 11.3 Å². The highest BCUT2D eigenvalue weighted by atomic mass is 32.1. The Balaban J connectivity index is 1.35. The predicted molar refractivity (Wildman–Crippen MR) is 88.9 cm³/mol. The van der Waals surface area contributed by atoms with Crippen LogP contribution in [0.3, 0.4) is 0 Å². The molecule has 6 heterocycles. The molecule has 7 nitrogen and oxygen atoms in total. The number of aliphatic imine (C=N–C) groups is 1. The summed E-state index contributed by atoms with van der Waals surface area (Å²) in [5, 5.41) is 3.96. The summed E-state index contributed by atoms with van der Waals surface area (Å²) >= 11 is 1.48. The van der Waals surface area contributed by atoms with Gasteiger partial charge in [-0.3, -0.25) is 10.2 Å². The van der Waals surface area contributed by atoms with E-state index in [1.165, 1.54) is 37.3 Å². The fraction of sp³-hybridized carbons (Fsp3) is 0.600. The lowest BCUT2D eigenvalue weighted by atomic mass is 9.75. The van der Waals surface area contributed by atoms with Crippen LogP contribution in [0.25, 0.3) is 10.5 Å². The minimum atomic E-state index is -0.122. The SMILES string of the molecule is Cc1cnc2nc(NC3=NC[C@@]4(CN5CCC4CC5)O3)sc2n1. The molecule has 6 rings (SSSR count). The van der Waals surface area contributed by atoms with E-state index in [4.69, 9.17) is 4.74 Å². The van der Waals surface area contributed by atoms with Crippen molar-refractivity contribution >= 4 is 33.0 Å². The second-order valence-electron chi connectivity index (χ2n) is 6.62. The molecule has 2 aromatic rings. The first kappa shape index (κ1) is 13.6. The highest BCUT2D eigenvalue weighted by Crippen LogP contribution is 2.41. The number of ether oxygens (including phenoxy) is 1. The summed E-state index contributed by atoms with van der Waals surface area (Å²) in [4.78, 5) is 21.1. The van der Waals surface area contributed by atoms with Gasteiger partial charge in [0.2, 0.25) is 0 Å². The van der Waals surface area contributed by atoms with Crippen molar-refractivity contribution in [3.63, 3.8) is 0 Å². The number of thiazole rings is 1. The largest absolute Gasteiger partial charge is 0.455 e. The molecule has 1 atom stereocenters. The second-order valence-corrected chi connectivity index (χ2v) is 7.60. The third kappa shape index (κ3) is 2.20. The molecule has 0 saturated carbocycles. The van der Waals surface area contributed by atoms with Crippen LogP contribution in [0.15, 0.2) is 11.2 Å². The lowest BCUT2D eigenvalue weighted by Gasteiger charge is -2.50. The van der Waals surface area contributed by atoms with E-state index in [1.807, 2.05) is 6.92 Å². The highest BCUT2D eigenvalue weighted by Gasteiger charge is 2.51. The van der Waals surface area contributed by atoms with Gasteiger partial charge in [-0.05, 0) is 32.9 Å². The van der Waals surface area contributed by atoms with Gasteiger partial charge in [-0.25, -0.2) is 15.0 Å². The number of nitrogens with one attached hydrogen (secondary N) is 1. The Bertz CT molecular complexity index is 796. The molecule has 2 bridgehead atoms. The van der Waals surface area contributed by atoms with Crippen molar-refractivity contribution in [3.8, 4) is 0 Å². The molecule has 0 aromatic carbocycles. The Labute approximate surface area is 137 Å². The first-order chi connectivity index (χ1) is 11.2. The lowest BCUT2D eigenvalue weighted by Crippen LogP contribution is -2.61. The average Bonchev–Trinajstić information content (AvgIpc) is 3.12. The Morgan fingerprint density at radius 1 is 1.35 bits per heavy atom. The lowest BCUT2D eigenvalue weighted by molar-refractivity contribution is -0.0829. The van der Waals surface area contributed by atoms with Crippen molar-refractivity contribution in [2.45, 2.75) is 25.4 Å². The fourth-order valence-corrected chi connectivity index (χ4v) is 4.73. The molecule has 2 aromatic heterocycles. The van der Waals surface area contributed by atoms with Crippen LogP contribution in [-0.4, -0.2) is 57.7 Å². The van der Waals surface area contributed by atoms with Gasteiger partial charge in [0.15, 0.2) is 15.6 Å². The van der Waals surface area contributed by atoms with Gasteiger partial charge in [0.05, 0.1) is 18.4 Å². The maximum atomic E-state index is 6.27. The van der Waals surface area contributed by atoms with Crippen LogP contribution in [0.5, 0.6) is 0 Å². The number of amidine groups is 1. The van der Waals surface area contributed by atoms with Crippen molar-refractivity contribution in [3.05, 3.63) is 11.9 Å². The zero-order chi connectivity index (χ0) is 15.4. The van der Waals surface area contributed by atoms with E-state index >= 15 is 0 Å². The van der Waals surface area contributed by atoms with E-state index in [2.05, 4.69) is 30.2 Å². The molecule has 0 radical (unpaired) electrons. The maximum Gasteiger partial charge on any atom is 0.291 e. The average molecular weight is 330 g/mol. The van der Waals surface area contributed by atoms with Crippen LogP contribution in [0.1, 0.15) is 18.5 Å². The van der Waals surface area contributed by atoms with Crippen molar-refractivity contribution in [2.24, 2.45) is 10.9 Å². The Kier molecular flexibility index (Phi) is 2.87. The quantitative estimate of drug-likeness (QED) is 0.857. The summed E-state index contributed by atoms with van der Waals surface area (Å²) < 4.78 is 6.27.